The minimum absolute atomic E-state index is 0.0864. The van der Waals surface area contributed by atoms with Crippen molar-refractivity contribution >= 4 is 35.5 Å². The van der Waals surface area contributed by atoms with Crippen molar-refractivity contribution in [1.82, 2.24) is 0 Å². The van der Waals surface area contributed by atoms with Gasteiger partial charge >= 0.3 is 23.9 Å². The minimum atomic E-state index is -2.47. The number of benzene rings is 2. The van der Waals surface area contributed by atoms with Crippen LogP contribution in [0.15, 0.2) is 42.5 Å². The molecule has 222 valence electrons. The number of carbonyl (C=O) groups excluding carboxylic acids is 4. The molecule has 0 aliphatic carbocycles. The van der Waals surface area contributed by atoms with Crippen LogP contribution < -0.4 is 4.74 Å². The molecule has 1 N–H and O–H groups in total. The van der Waals surface area contributed by atoms with Crippen LogP contribution in [0, 0.1) is 0 Å². The molecular weight excluding hydrogens is 560 g/mol. The number of hydrogen-bond acceptors (Lipinski definition) is 11. The molecule has 1 fully saturated rings. The Morgan fingerprint density at radius 1 is 0.878 bits per heavy atom. The number of carbonyl (C=O) groups is 4. The Balaban J connectivity index is 2.15. The lowest BCUT2D eigenvalue weighted by Crippen LogP contribution is -2.66. The van der Waals surface area contributed by atoms with Crippen LogP contribution >= 0.6 is 11.6 Å². The van der Waals surface area contributed by atoms with Gasteiger partial charge in [0.1, 0.15) is 18.5 Å². The molecule has 1 saturated heterocycles. The first-order valence-corrected chi connectivity index (χ1v) is 13.3. The molecule has 3 rings (SSSR count). The molecule has 1 heterocycles. The summed E-state index contributed by atoms with van der Waals surface area (Å²) >= 11 is 6.54. The molecule has 2 aromatic carbocycles. The van der Waals surface area contributed by atoms with E-state index < -0.39 is 60.7 Å². The summed E-state index contributed by atoms with van der Waals surface area (Å²) in [5, 5.41) is 12.5. The Labute approximate surface area is 242 Å². The van der Waals surface area contributed by atoms with Gasteiger partial charge in [0.25, 0.3) is 0 Å². The van der Waals surface area contributed by atoms with E-state index in [1.165, 1.54) is 12.1 Å². The number of esters is 4. The van der Waals surface area contributed by atoms with Crippen LogP contribution in [0.5, 0.6) is 5.75 Å². The number of ether oxygens (including phenoxy) is 6. The maximum atomic E-state index is 12.2. The zero-order valence-electron chi connectivity index (χ0n) is 23.4. The van der Waals surface area contributed by atoms with Gasteiger partial charge in [0.15, 0.2) is 12.2 Å². The van der Waals surface area contributed by atoms with Crippen LogP contribution in [-0.4, -0.2) is 66.6 Å². The third-order valence-corrected chi connectivity index (χ3v) is 6.53. The average molecular weight is 593 g/mol. The fourth-order valence-corrected chi connectivity index (χ4v) is 4.78. The van der Waals surface area contributed by atoms with Crippen molar-refractivity contribution < 1.29 is 52.7 Å². The summed E-state index contributed by atoms with van der Waals surface area (Å²) in [5.41, 5.74) is 1.47. The fourth-order valence-electron chi connectivity index (χ4n) is 4.60. The van der Waals surface area contributed by atoms with E-state index in [9.17, 15) is 24.3 Å². The van der Waals surface area contributed by atoms with Crippen molar-refractivity contribution in [3.63, 3.8) is 0 Å². The van der Waals surface area contributed by atoms with E-state index >= 15 is 0 Å². The molecular formula is C29H33ClO11. The standard InChI is InChI=1S/C29H33ClO11/c1-6-36-24-10-8-7-9-20(24)13-21-14-22(11-12-23(21)30)29(35)28(40-19(5)34)27(39-18(4)33)26(38-17(3)32)25(41-29)15-37-16(2)31/h7-12,14,25-28,35H,6,13,15H2,1-5H3/t25-,26-,27+,28-,29?/m1/s1. The monoisotopic (exact) mass is 592 g/mol. The van der Waals surface area contributed by atoms with Gasteiger partial charge in [-0.05, 0) is 36.2 Å². The lowest BCUT2D eigenvalue weighted by Gasteiger charge is -2.48. The van der Waals surface area contributed by atoms with Crippen molar-refractivity contribution in [2.45, 2.75) is 71.2 Å². The highest BCUT2D eigenvalue weighted by molar-refractivity contribution is 6.31. The van der Waals surface area contributed by atoms with Gasteiger partial charge in [-0.2, -0.15) is 0 Å². The second-order valence-electron chi connectivity index (χ2n) is 9.36. The van der Waals surface area contributed by atoms with E-state index in [1.807, 2.05) is 31.2 Å². The quantitative estimate of drug-likeness (QED) is 0.321. The van der Waals surface area contributed by atoms with Crippen LogP contribution in [0.25, 0.3) is 0 Å². The molecule has 41 heavy (non-hydrogen) atoms. The Hall–Kier alpha value is -3.67. The fraction of sp³-hybridized carbons (Fsp3) is 0.448. The van der Waals surface area contributed by atoms with Crippen LogP contribution in [0.3, 0.4) is 0 Å². The zero-order valence-corrected chi connectivity index (χ0v) is 24.1. The largest absolute Gasteiger partial charge is 0.494 e. The summed E-state index contributed by atoms with van der Waals surface area (Å²) < 4.78 is 33.1. The Kier molecular flexibility index (Phi) is 10.7. The second-order valence-corrected chi connectivity index (χ2v) is 9.76. The Bertz CT molecular complexity index is 1280. The van der Waals surface area contributed by atoms with Gasteiger partial charge in [-0.3, -0.25) is 19.2 Å². The minimum Gasteiger partial charge on any atom is -0.494 e. The first-order valence-electron chi connectivity index (χ1n) is 12.9. The Morgan fingerprint density at radius 2 is 1.51 bits per heavy atom. The van der Waals surface area contributed by atoms with E-state index in [0.29, 0.717) is 29.4 Å². The third-order valence-electron chi connectivity index (χ3n) is 6.17. The number of halogens is 1. The maximum absolute atomic E-state index is 12.2. The van der Waals surface area contributed by atoms with E-state index in [0.717, 1.165) is 33.3 Å². The highest BCUT2D eigenvalue weighted by Crippen LogP contribution is 2.42. The maximum Gasteiger partial charge on any atom is 0.303 e. The molecule has 0 radical (unpaired) electrons. The molecule has 1 unspecified atom stereocenters. The molecule has 0 spiro atoms. The summed E-state index contributed by atoms with van der Waals surface area (Å²) in [6, 6.07) is 11.9. The highest BCUT2D eigenvalue weighted by atomic mass is 35.5. The molecule has 0 amide bonds. The predicted octanol–water partition coefficient (Wildman–Crippen LogP) is 3.23. The lowest BCUT2D eigenvalue weighted by atomic mass is 9.86. The Morgan fingerprint density at radius 3 is 2.12 bits per heavy atom. The molecule has 11 nitrogen and oxygen atoms in total. The number of aliphatic hydroxyl groups is 1. The van der Waals surface area contributed by atoms with E-state index in [2.05, 4.69) is 0 Å². The highest BCUT2D eigenvalue weighted by Gasteiger charge is 2.60. The van der Waals surface area contributed by atoms with E-state index in [4.69, 9.17) is 40.0 Å². The lowest BCUT2D eigenvalue weighted by molar-refractivity contribution is -0.360. The van der Waals surface area contributed by atoms with Crippen molar-refractivity contribution in [3.05, 3.63) is 64.2 Å². The van der Waals surface area contributed by atoms with E-state index in [1.54, 1.807) is 6.07 Å². The summed E-state index contributed by atoms with van der Waals surface area (Å²) in [7, 11) is 0. The van der Waals surface area contributed by atoms with Crippen molar-refractivity contribution in [3.8, 4) is 5.75 Å². The first kappa shape index (κ1) is 31.9. The SMILES string of the molecule is CCOc1ccccc1Cc1cc(C2(O)O[C@H](COC(C)=O)[C@@H](OC(C)=O)[C@H](OC(C)=O)[C@H]2OC(C)=O)ccc1Cl. The number of hydrogen-bond donors (Lipinski definition) is 1. The first-order chi connectivity index (χ1) is 19.3. The van der Waals surface area contributed by atoms with Crippen LogP contribution in [0.2, 0.25) is 5.02 Å². The molecule has 5 atom stereocenters. The topological polar surface area (TPSA) is 144 Å². The van der Waals surface area contributed by atoms with Crippen LogP contribution in [0.1, 0.15) is 51.3 Å². The molecule has 0 saturated carbocycles. The van der Waals surface area contributed by atoms with Crippen LogP contribution in [-0.2, 0) is 55.1 Å². The van der Waals surface area contributed by atoms with E-state index in [-0.39, 0.29) is 5.56 Å². The average Bonchev–Trinajstić information content (AvgIpc) is 2.88. The van der Waals surface area contributed by atoms with Gasteiger partial charge in [-0.1, -0.05) is 35.9 Å². The van der Waals surface area contributed by atoms with Gasteiger partial charge < -0.3 is 33.5 Å². The van der Waals surface area contributed by atoms with Gasteiger partial charge in [-0.25, -0.2) is 0 Å². The predicted molar refractivity (Wildman–Crippen MR) is 144 cm³/mol. The van der Waals surface area contributed by atoms with Gasteiger partial charge in [0.2, 0.25) is 11.9 Å². The smallest absolute Gasteiger partial charge is 0.303 e. The van der Waals surface area contributed by atoms with Crippen LogP contribution in [0.4, 0.5) is 0 Å². The molecule has 0 aromatic heterocycles. The summed E-state index contributed by atoms with van der Waals surface area (Å²) in [6.45, 7) is 6.30. The van der Waals surface area contributed by atoms with Crippen molar-refractivity contribution in [1.29, 1.82) is 0 Å². The third kappa shape index (κ3) is 7.96. The molecule has 12 heteroatoms. The number of para-hydroxylation sites is 1. The van der Waals surface area contributed by atoms with Gasteiger partial charge in [0, 0.05) is 44.7 Å². The van der Waals surface area contributed by atoms with Gasteiger partial charge in [0.05, 0.1) is 6.61 Å². The molecule has 2 aromatic rings. The second kappa shape index (κ2) is 13.8. The summed E-state index contributed by atoms with van der Waals surface area (Å²) in [5.74, 6) is -4.92. The van der Waals surface area contributed by atoms with Crippen molar-refractivity contribution in [2.75, 3.05) is 13.2 Å². The summed E-state index contributed by atoms with van der Waals surface area (Å²) in [6.07, 6.45) is -5.69. The van der Waals surface area contributed by atoms with Gasteiger partial charge in [-0.15, -0.1) is 0 Å². The normalized spacial score (nSPS) is 23.7. The zero-order chi connectivity index (χ0) is 30.3. The molecule has 0 bridgehead atoms. The molecule has 1 aliphatic rings. The number of rotatable bonds is 10. The van der Waals surface area contributed by atoms with Crippen molar-refractivity contribution in [2.24, 2.45) is 0 Å². The molecule has 1 aliphatic heterocycles. The summed E-state index contributed by atoms with van der Waals surface area (Å²) in [4.78, 5) is 48.0.